The number of nitrogens with zero attached hydrogens (tertiary/aromatic N) is 5. The lowest BCUT2D eigenvalue weighted by atomic mass is 10.2. The summed E-state index contributed by atoms with van der Waals surface area (Å²) in [5, 5.41) is 18.2. The largest absolute Gasteiger partial charge is 0.480 e. The van der Waals surface area contributed by atoms with Gasteiger partial charge in [0.15, 0.2) is 5.01 Å². The molecular weight excluding hydrogens is 559 g/mol. The average Bonchev–Trinajstić information content (AvgIpc) is 3.25. The number of aryl methyl sites for hydroxylation is 1. The van der Waals surface area contributed by atoms with Crippen LogP contribution in [-0.4, -0.2) is 70.0 Å². The topological polar surface area (TPSA) is 179 Å². The van der Waals surface area contributed by atoms with Gasteiger partial charge in [0.25, 0.3) is 16.8 Å². The van der Waals surface area contributed by atoms with Gasteiger partial charge in [-0.25, -0.2) is 13.3 Å². The third-order valence-electron chi connectivity index (χ3n) is 4.72. The van der Waals surface area contributed by atoms with Gasteiger partial charge in [-0.3, -0.25) is 28.5 Å². The number of nitrogens with one attached hydrogen (secondary N) is 1. The van der Waals surface area contributed by atoms with Gasteiger partial charge in [-0.05, 0) is 25.1 Å². The fourth-order valence-electron chi connectivity index (χ4n) is 2.98. The zero-order valence-corrected chi connectivity index (χ0v) is 21.5. The van der Waals surface area contributed by atoms with Crippen molar-refractivity contribution >= 4 is 62.8 Å². The number of aromatic amines is 1. The number of rotatable bonds is 10. The first kappa shape index (κ1) is 27.5. The Balaban J connectivity index is 1.79. The number of carbonyl (C=O) groups excluding carboxylic acids is 1. The number of carboxylic acids is 1. The van der Waals surface area contributed by atoms with Gasteiger partial charge in [-0.2, -0.15) is 0 Å². The Kier molecular flexibility index (Phi) is 8.97. The van der Waals surface area contributed by atoms with Crippen LogP contribution >= 0.6 is 34.5 Å². The summed E-state index contributed by atoms with van der Waals surface area (Å²) < 4.78 is 23.6. The van der Waals surface area contributed by atoms with E-state index in [9.17, 15) is 33.0 Å². The predicted molar refractivity (Wildman–Crippen MR) is 134 cm³/mol. The Labute approximate surface area is 219 Å². The molecule has 0 aliphatic rings. The Morgan fingerprint density at radius 2 is 1.94 bits per heavy atom. The molecule has 2 aromatic heterocycles. The molecule has 0 spiro atoms. The van der Waals surface area contributed by atoms with Crippen molar-refractivity contribution in [3.05, 3.63) is 60.8 Å². The van der Waals surface area contributed by atoms with Gasteiger partial charge in [-0.15, -0.1) is 10.2 Å². The smallest absolute Gasteiger partial charge is 0.328 e. The maximum Gasteiger partial charge on any atom is 0.328 e. The van der Waals surface area contributed by atoms with Crippen LogP contribution in [0.3, 0.4) is 0 Å². The minimum Gasteiger partial charge on any atom is -0.480 e. The molecule has 0 aliphatic heterocycles. The number of carboxylic acid groups (broad SMARTS) is 1. The van der Waals surface area contributed by atoms with Crippen molar-refractivity contribution in [2.75, 3.05) is 23.9 Å². The monoisotopic (exact) mass is 576 g/mol. The number of hydrogen-bond acceptors (Lipinski definition) is 8. The van der Waals surface area contributed by atoms with Crippen LogP contribution in [0.5, 0.6) is 0 Å². The Morgan fingerprint density at radius 3 is 2.58 bits per heavy atom. The number of aromatic nitrogens is 4. The van der Waals surface area contributed by atoms with E-state index in [4.69, 9.17) is 23.2 Å². The highest BCUT2D eigenvalue weighted by Gasteiger charge is 2.24. The van der Waals surface area contributed by atoms with Crippen molar-refractivity contribution in [2.24, 2.45) is 0 Å². The van der Waals surface area contributed by atoms with E-state index in [0.717, 1.165) is 25.1 Å². The highest BCUT2D eigenvalue weighted by atomic mass is 35.5. The van der Waals surface area contributed by atoms with Crippen LogP contribution in [0.15, 0.2) is 34.0 Å². The number of amides is 1. The lowest BCUT2D eigenvalue weighted by Gasteiger charge is -2.24. The molecule has 0 aliphatic carbocycles. The molecule has 13 nitrogen and oxygen atoms in total. The molecule has 0 saturated heterocycles. The molecule has 3 aromatic rings. The second-order valence-corrected chi connectivity index (χ2v) is 9.96. The van der Waals surface area contributed by atoms with E-state index in [2.05, 4.69) is 15.2 Å². The molecule has 0 bridgehead atoms. The number of hydrogen-bond donors (Lipinski definition) is 3. The molecule has 1 atom stereocenters. The van der Waals surface area contributed by atoms with Crippen LogP contribution < -0.4 is 15.6 Å². The summed E-state index contributed by atoms with van der Waals surface area (Å²) in [6.07, 6.45) is 1.18. The molecule has 0 fully saturated rings. The first-order valence-corrected chi connectivity index (χ1v) is 12.6. The zero-order chi connectivity index (χ0) is 26.6. The van der Waals surface area contributed by atoms with Gasteiger partial charge in [0.1, 0.15) is 13.1 Å². The molecule has 2 heterocycles. The second kappa shape index (κ2) is 11.7. The number of benzene rings is 1. The standard InChI is InChI=1S/C19H18Cl2N6O7S2/c1-10-7-26(18(32)22-16(10)31)8-14(28)25(9-15(29)30)4-5-27(36(33)34)19-24-23-17(35-19)12-3-2-11(20)6-13(12)21/h2-3,6-7H,4-5,8-9H2,1H3,(H,29,30)(H,33,34)(H,22,31,32). The van der Waals surface area contributed by atoms with Gasteiger partial charge >= 0.3 is 11.7 Å². The summed E-state index contributed by atoms with van der Waals surface area (Å²) in [5.41, 5.74) is -0.766. The number of anilines is 1. The summed E-state index contributed by atoms with van der Waals surface area (Å²) in [7, 11) is 0. The fraction of sp³-hybridized carbons (Fsp3) is 0.263. The molecular formula is C19H18Cl2N6O7S2. The molecule has 17 heteroatoms. The maximum absolute atomic E-state index is 12.8. The summed E-state index contributed by atoms with van der Waals surface area (Å²) >= 11 is 10.4. The summed E-state index contributed by atoms with van der Waals surface area (Å²) in [4.78, 5) is 50.6. The van der Waals surface area contributed by atoms with Crippen LogP contribution in [0.2, 0.25) is 10.0 Å². The van der Waals surface area contributed by atoms with Crippen LogP contribution in [0.25, 0.3) is 10.6 Å². The van der Waals surface area contributed by atoms with Crippen molar-refractivity contribution in [3.63, 3.8) is 0 Å². The van der Waals surface area contributed by atoms with Gasteiger partial charge in [0.2, 0.25) is 11.0 Å². The molecule has 1 aromatic carbocycles. The molecule has 192 valence electrons. The molecule has 3 rings (SSSR count). The van der Waals surface area contributed by atoms with Crippen molar-refractivity contribution in [1.29, 1.82) is 0 Å². The SMILES string of the molecule is Cc1cn(CC(=O)N(CCN(c2nnc(-c3ccc(Cl)cc3Cl)s2)S(=O)O)CC(=O)O)c(=O)[nH]c1=O. The highest BCUT2D eigenvalue weighted by Crippen LogP contribution is 2.34. The first-order valence-electron chi connectivity index (χ1n) is 9.93. The quantitative estimate of drug-likeness (QED) is 0.299. The minimum absolute atomic E-state index is 0.0204. The summed E-state index contributed by atoms with van der Waals surface area (Å²) in [5.74, 6) is -2.10. The van der Waals surface area contributed by atoms with Crippen LogP contribution in [0.4, 0.5) is 5.13 Å². The van der Waals surface area contributed by atoms with E-state index in [1.807, 2.05) is 0 Å². The summed E-state index contributed by atoms with van der Waals surface area (Å²) in [6, 6.07) is 4.71. The van der Waals surface area contributed by atoms with Crippen molar-refractivity contribution in [1.82, 2.24) is 24.6 Å². The molecule has 3 N–H and O–H groups in total. The Bertz CT molecular complexity index is 1440. The van der Waals surface area contributed by atoms with Crippen LogP contribution in [0, 0.1) is 6.92 Å². The van der Waals surface area contributed by atoms with Crippen molar-refractivity contribution in [2.45, 2.75) is 13.5 Å². The molecule has 0 radical (unpaired) electrons. The summed E-state index contributed by atoms with van der Waals surface area (Å²) in [6.45, 7) is -0.431. The number of halogens is 2. The molecule has 0 saturated carbocycles. The Hall–Kier alpha value is -3.11. The zero-order valence-electron chi connectivity index (χ0n) is 18.4. The van der Waals surface area contributed by atoms with Crippen molar-refractivity contribution < 1.29 is 23.5 Å². The average molecular weight is 577 g/mol. The molecule has 36 heavy (non-hydrogen) atoms. The van der Waals surface area contributed by atoms with Gasteiger partial charge < -0.3 is 10.0 Å². The highest BCUT2D eigenvalue weighted by molar-refractivity contribution is 7.81. The number of aliphatic carboxylic acids is 1. The lowest BCUT2D eigenvalue weighted by molar-refractivity contribution is -0.144. The molecule has 1 unspecified atom stereocenters. The first-order chi connectivity index (χ1) is 17.0. The third kappa shape index (κ3) is 6.76. The van der Waals surface area contributed by atoms with E-state index in [1.54, 1.807) is 12.1 Å². The number of carbonyl (C=O) groups is 2. The predicted octanol–water partition coefficient (Wildman–Crippen LogP) is 1.23. The number of H-pyrrole nitrogens is 1. The van der Waals surface area contributed by atoms with E-state index in [-0.39, 0.29) is 23.8 Å². The lowest BCUT2D eigenvalue weighted by Crippen LogP contribution is -2.44. The van der Waals surface area contributed by atoms with E-state index in [1.165, 1.54) is 19.2 Å². The van der Waals surface area contributed by atoms with Gasteiger partial charge in [0.05, 0.1) is 11.6 Å². The van der Waals surface area contributed by atoms with E-state index in [0.29, 0.717) is 20.6 Å². The van der Waals surface area contributed by atoms with Crippen molar-refractivity contribution in [3.8, 4) is 10.6 Å². The molecule has 1 amide bonds. The normalized spacial score (nSPS) is 11.8. The van der Waals surface area contributed by atoms with E-state index >= 15 is 0 Å². The fourth-order valence-corrected chi connectivity index (χ4v) is 5.06. The minimum atomic E-state index is -2.59. The van der Waals surface area contributed by atoms with Gasteiger partial charge in [0, 0.05) is 28.9 Å². The van der Waals surface area contributed by atoms with Crippen LogP contribution in [0.1, 0.15) is 5.56 Å². The van der Waals surface area contributed by atoms with E-state index < -0.39 is 47.5 Å². The maximum atomic E-state index is 12.8. The second-order valence-electron chi connectivity index (χ2n) is 7.26. The Morgan fingerprint density at radius 1 is 1.22 bits per heavy atom. The van der Waals surface area contributed by atoms with Gasteiger partial charge in [-0.1, -0.05) is 34.5 Å². The third-order valence-corrected chi connectivity index (χ3v) is 7.10. The van der Waals surface area contributed by atoms with Crippen LogP contribution in [-0.2, 0) is 27.4 Å².